The highest BCUT2D eigenvalue weighted by Gasteiger charge is 2.24. The van der Waals surface area contributed by atoms with E-state index in [1.54, 1.807) is 0 Å². The maximum atomic E-state index is 12.4. The summed E-state index contributed by atoms with van der Waals surface area (Å²) in [5.41, 5.74) is 3.94. The van der Waals surface area contributed by atoms with Gasteiger partial charge in [-0.1, -0.05) is 42.5 Å². The molecule has 1 heterocycles. The average Bonchev–Trinajstić information content (AvgIpc) is 3.16. The Kier molecular flexibility index (Phi) is 6.35. The number of hydrogen-bond acceptors (Lipinski definition) is 3. The molecule has 4 rings (SSSR count). The Morgan fingerprint density at radius 1 is 1.03 bits per heavy atom. The fraction of sp³-hybridized carbons (Fsp3) is 0.458. The fourth-order valence-corrected chi connectivity index (χ4v) is 4.45. The van der Waals surface area contributed by atoms with E-state index in [-0.39, 0.29) is 18.1 Å². The first-order valence-electron chi connectivity index (χ1n) is 10.9. The van der Waals surface area contributed by atoms with Gasteiger partial charge in [-0.15, -0.1) is 0 Å². The summed E-state index contributed by atoms with van der Waals surface area (Å²) in [5, 5.41) is 6.28. The van der Waals surface area contributed by atoms with E-state index in [2.05, 4.69) is 82.0 Å². The van der Waals surface area contributed by atoms with Crippen LogP contribution in [0.1, 0.15) is 36.9 Å². The number of hydrogen-bond donors (Lipinski definition) is 2. The second-order valence-corrected chi connectivity index (χ2v) is 8.26. The Bertz CT molecular complexity index is 802. The number of nitrogens with zero attached hydrogens (tertiary/aromatic N) is 2. The van der Waals surface area contributed by atoms with Crippen LogP contribution in [-0.2, 0) is 6.42 Å². The van der Waals surface area contributed by atoms with Gasteiger partial charge < -0.3 is 15.5 Å². The van der Waals surface area contributed by atoms with Gasteiger partial charge in [-0.05, 0) is 49.4 Å². The van der Waals surface area contributed by atoms with Crippen LogP contribution < -0.4 is 15.5 Å². The van der Waals surface area contributed by atoms with Crippen LogP contribution >= 0.6 is 0 Å². The van der Waals surface area contributed by atoms with E-state index in [4.69, 9.17) is 0 Å². The lowest BCUT2D eigenvalue weighted by atomic mass is 10.1. The predicted molar refractivity (Wildman–Crippen MR) is 118 cm³/mol. The molecule has 1 saturated heterocycles. The molecule has 154 valence electrons. The van der Waals surface area contributed by atoms with E-state index in [0.29, 0.717) is 0 Å². The molecule has 0 bridgehead atoms. The largest absolute Gasteiger partial charge is 0.369 e. The third-order valence-electron chi connectivity index (χ3n) is 6.19. The molecule has 0 aromatic heterocycles. The molecule has 2 aliphatic rings. The first-order chi connectivity index (χ1) is 14.2. The molecule has 2 N–H and O–H groups in total. The Morgan fingerprint density at radius 3 is 2.55 bits per heavy atom. The molecule has 2 aromatic rings. The molecule has 0 unspecified atom stereocenters. The molecule has 1 aliphatic heterocycles. The van der Waals surface area contributed by atoms with Crippen LogP contribution in [0, 0.1) is 0 Å². The van der Waals surface area contributed by atoms with Crippen LogP contribution in [0.2, 0.25) is 0 Å². The number of aryl methyl sites for hydroxylation is 1. The van der Waals surface area contributed by atoms with Gasteiger partial charge in [0.25, 0.3) is 0 Å². The minimum Gasteiger partial charge on any atom is -0.369 e. The summed E-state index contributed by atoms with van der Waals surface area (Å²) < 4.78 is 0. The predicted octanol–water partition coefficient (Wildman–Crippen LogP) is 3.57. The number of carbonyl (C=O) groups excluding carboxylic acids is 1. The second-order valence-electron chi connectivity index (χ2n) is 8.26. The summed E-state index contributed by atoms with van der Waals surface area (Å²) in [6.45, 7) is 7.40. The van der Waals surface area contributed by atoms with E-state index >= 15 is 0 Å². The van der Waals surface area contributed by atoms with Crippen molar-refractivity contribution in [1.29, 1.82) is 0 Å². The van der Waals surface area contributed by atoms with E-state index in [1.165, 1.54) is 16.8 Å². The number of piperazine rings is 1. The van der Waals surface area contributed by atoms with Crippen molar-refractivity contribution in [1.82, 2.24) is 15.5 Å². The standard InChI is InChI=1S/C24H32N4O/c1-19(25-24(29)26-23-12-11-20-7-5-6-10-22(20)23)13-14-27-15-17-28(18-16-27)21-8-3-2-4-9-21/h2-10,19,23H,11-18H2,1H3,(H2,25,26,29)/t19-,23-/m0/s1. The van der Waals surface area contributed by atoms with Gasteiger partial charge in [0.1, 0.15) is 0 Å². The number of amides is 2. The third kappa shape index (κ3) is 5.10. The van der Waals surface area contributed by atoms with Crippen molar-refractivity contribution in [2.75, 3.05) is 37.6 Å². The Hall–Kier alpha value is -2.53. The SMILES string of the molecule is C[C@@H](CCN1CCN(c2ccccc2)CC1)NC(=O)N[C@H]1CCc2ccccc21. The zero-order chi connectivity index (χ0) is 20.1. The molecule has 1 fully saturated rings. The van der Waals surface area contributed by atoms with E-state index < -0.39 is 0 Å². The molecule has 2 amide bonds. The van der Waals surface area contributed by atoms with E-state index in [0.717, 1.165) is 52.0 Å². The monoisotopic (exact) mass is 392 g/mol. The number of benzene rings is 2. The summed E-state index contributed by atoms with van der Waals surface area (Å²) in [5.74, 6) is 0. The molecule has 1 aliphatic carbocycles. The Labute approximate surface area is 174 Å². The van der Waals surface area contributed by atoms with Crippen LogP contribution in [0.3, 0.4) is 0 Å². The van der Waals surface area contributed by atoms with Gasteiger partial charge in [-0.25, -0.2) is 4.79 Å². The highest BCUT2D eigenvalue weighted by atomic mass is 16.2. The van der Waals surface area contributed by atoms with Gasteiger partial charge in [0.2, 0.25) is 0 Å². The first kappa shape index (κ1) is 19.8. The summed E-state index contributed by atoms with van der Waals surface area (Å²) in [6.07, 6.45) is 3.01. The summed E-state index contributed by atoms with van der Waals surface area (Å²) in [4.78, 5) is 17.4. The van der Waals surface area contributed by atoms with Gasteiger partial charge in [0.15, 0.2) is 0 Å². The molecule has 5 heteroatoms. The molecule has 2 aromatic carbocycles. The number of carbonyl (C=O) groups is 1. The van der Waals surface area contributed by atoms with Crippen LogP contribution in [0.4, 0.5) is 10.5 Å². The average molecular weight is 393 g/mol. The molecule has 0 spiro atoms. The van der Waals surface area contributed by atoms with Gasteiger partial charge in [0.05, 0.1) is 6.04 Å². The number of nitrogens with one attached hydrogen (secondary N) is 2. The molecule has 0 radical (unpaired) electrons. The molecule has 5 nitrogen and oxygen atoms in total. The topological polar surface area (TPSA) is 47.6 Å². The lowest BCUT2D eigenvalue weighted by molar-refractivity contribution is 0.225. The molecule has 29 heavy (non-hydrogen) atoms. The normalized spacial score (nSPS) is 20.2. The molecule has 2 atom stereocenters. The van der Waals surface area contributed by atoms with Crippen LogP contribution in [-0.4, -0.2) is 49.7 Å². The number of anilines is 1. The van der Waals surface area contributed by atoms with Crippen molar-refractivity contribution in [3.63, 3.8) is 0 Å². The summed E-state index contributed by atoms with van der Waals surface area (Å²) in [7, 11) is 0. The van der Waals surface area contributed by atoms with Gasteiger partial charge in [0, 0.05) is 44.5 Å². The van der Waals surface area contributed by atoms with E-state index in [9.17, 15) is 4.79 Å². The Morgan fingerprint density at radius 2 is 1.76 bits per heavy atom. The molecular weight excluding hydrogens is 360 g/mol. The smallest absolute Gasteiger partial charge is 0.315 e. The maximum Gasteiger partial charge on any atom is 0.315 e. The minimum absolute atomic E-state index is 0.0481. The van der Waals surface area contributed by atoms with Crippen molar-refractivity contribution in [2.45, 2.75) is 38.3 Å². The number of rotatable bonds is 6. The lowest BCUT2D eigenvalue weighted by Gasteiger charge is -2.36. The number of fused-ring (bicyclic) bond motifs is 1. The zero-order valence-electron chi connectivity index (χ0n) is 17.3. The van der Waals surface area contributed by atoms with Crippen molar-refractivity contribution in [3.05, 3.63) is 65.7 Å². The van der Waals surface area contributed by atoms with Crippen LogP contribution in [0.25, 0.3) is 0 Å². The van der Waals surface area contributed by atoms with Gasteiger partial charge >= 0.3 is 6.03 Å². The van der Waals surface area contributed by atoms with Crippen LogP contribution in [0.15, 0.2) is 54.6 Å². The number of urea groups is 1. The van der Waals surface area contributed by atoms with E-state index in [1.807, 2.05) is 0 Å². The fourth-order valence-electron chi connectivity index (χ4n) is 4.45. The molecular formula is C24H32N4O. The third-order valence-corrected chi connectivity index (χ3v) is 6.19. The quantitative estimate of drug-likeness (QED) is 0.790. The minimum atomic E-state index is -0.0481. The maximum absolute atomic E-state index is 12.4. The number of para-hydroxylation sites is 1. The lowest BCUT2D eigenvalue weighted by Crippen LogP contribution is -2.48. The Balaban J connectivity index is 1.16. The summed E-state index contributed by atoms with van der Waals surface area (Å²) >= 11 is 0. The summed E-state index contributed by atoms with van der Waals surface area (Å²) in [6, 6.07) is 19.3. The van der Waals surface area contributed by atoms with Gasteiger partial charge in [-0.2, -0.15) is 0 Å². The van der Waals surface area contributed by atoms with Crippen molar-refractivity contribution in [2.24, 2.45) is 0 Å². The molecule has 0 saturated carbocycles. The second kappa shape index (κ2) is 9.31. The van der Waals surface area contributed by atoms with Gasteiger partial charge in [-0.3, -0.25) is 4.90 Å². The highest BCUT2D eigenvalue weighted by molar-refractivity contribution is 5.75. The van der Waals surface area contributed by atoms with Crippen molar-refractivity contribution < 1.29 is 4.79 Å². The van der Waals surface area contributed by atoms with Crippen LogP contribution in [0.5, 0.6) is 0 Å². The van der Waals surface area contributed by atoms with Crippen molar-refractivity contribution >= 4 is 11.7 Å². The zero-order valence-corrected chi connectivity index (χ0v) is 17.3. The van der Waals surface area contributed by atoms with Crippen molar-refractivity contribution in [3.8, 4) is 0 Å². The first-order valence-corrected chi connectivity index (χ1v) is 10.9. The highest BCUT2D eigenvalue weighted by Crippen LogP contribution is 2.30.